The second kappa shape index (κ2) is 9.30. The topological polar surface area (TPSA) is 64.6 Å². The summed E-state index contributed by atoms with van der Waals surface area (Å²) in [7, 11) is 0. The number of hydrogen-bond acceptors (Lipinski definition) is 4. The van der Waals surface area contributed by atoms with Gasteiger partial charge in [-0.15, -0.1) is 0 Å². The van der Waals surface area contributed by atoms with E-state index >= 15 is 0 Å². The zero-order valence-electron chi connectivity index (χ0n) is 14.5. The van der Waals surface area contributed by atoms with Crippen molar-refractivity contribution in [2.45, 2.75) is 64.5 Å². The van der Waals surface area contributed by atoms with Gasteiger partial charge < -0.3 is 14.8 Å². The van der Waals surface area contributed by atoms with Crippen molar-refractivity contribution in [3.8, 4) is 5.75 Å². The second-order valence-corrected chi connectivity index (χ2v) is 6.26. The highest BCUT2D eigenvalue weighted by molar-refractivity contribution is 5.92. The minimum absolute atomic E-state index is 0.221. The summed E-state index contributed by atoms with van der Waals surface area (Å²) >= 11 is 0. The summed E-state index contributed by atoms with van der Waals surface area (Å²) in [5.41, 5.74) is 0.415. The molecule has 1 fully saturated rings. The number of nitrogens with one attached hydrogen (secondary N) is 1. The number of unbranched alkanes of at least 4 members (excludes halogenated alkanes) is 1. The van der Waals surface area contributed by atoms with Gasteiger partial charge in [-0.05, 0) is 50.5 Å². The van der Waals surface area contributed by atoms with E-state index in [1.165, 1.54) is 0 Å². The lowest BCUT2D eigenvalue weighted by atomic mass is 10.2. The summed E-state index contributed by atoms with van der Waals surface area (Å²) in [6.07, 6.45) is 5.58. The molecular formula is C19H27NO4. The zero-order chi connectivity index (χ0) is 17.4. The Morgan fingerprint density at radius 1 is 1.21 bits per heavy atom. The Bertz CT molecular complexity index is 535. The SMILES string of the molecule is CCCCOc1ccc(C(=O)O[C@@H](C)C(=O)NC2CCCC2)cc1. The van der Waals surface area contributed by atoms with Gasteiger partial charge in [0.25, 0.3) is 5.91 Å². The highest BCUT2D eigenvalue weighted by Crippen LogP contribution is 2.18. The molecule has 0 aromatic heterocycles. The third-order valence-electron chi connectivity index (χ3n) is 4.21. The van der Waals surface area contributed by atoms with Crippen LogP contribution in [0.1, 0.15) is 62.7 Å². The predicted octanol–water partition coefficient (Wildman–Crippen LogP) is 3.47. The Labute approximate surface area is 143 Å². The number of ether oxygens (including phenoxy) is 2. The maximum absolute atomic E-state index is 12.1. The van der Waals surface area contributed by atoms with E-state index in [9.17, 15) is 9.59 Å². The van der Waals surface area contributed by atoms with Crippen LogP contribution in [0, 0.1) is 0 Å². The molecule has 1 saturated carbocycles. The Morgan fingerprint density at radius 3 is 2.50 bits per heavy atom. The van der Waals surface area contributed by atoms with Crippen molar-refractivity contribution in [3.05, 3.63) is 29.8 Å². The summed E-state index contributed by atoms with van der Waals surface area (Å²) in [6.45, 7) is 4.37. The van der Waals surface area contributed by atoms with Crippen molar-refractivity contribution in [1.82, 2.24) is 5.32 Å². The quantitative estimate of drug-likeness (QED) is 0.584. The van der Waals surface area contributed by atoms with Crippen molar-refractivity contribution in [3.63, 3.8) is 0 Å². The number of carbonyl (C=O) groups excluding carboxylic acids is 2. The van der Waals surface area contributed by atoms with E-state index in [1.807, 2.05) is 0 Å². The van der Waals surface area contributed by atoms with Gasteiger partial charge in [-0.25, -0.2) is 4.79 Å². The first-order valence-electron chi connectivity index (χ1n) is 8.84. The minimum Gasteiger partial charge on any atom is -0.494 e. The highest BCUT2D eigenvalue weighted by Gasteiger charge is 2.23. The van der Waals surface area contributed by atoms with Crippen molar-refractivity contribution in [2.24, 2.45) is 0 Å². The Hall–Kier alpha value is -2.04. The first kappa shape index (κ1) is 18.3. The molecule has 1 aromatic rings. The summed E-state index contributed by atoms with van der Waals surface area (Å²) in [5, 5.41) is 2.94. The standard InChI is InChI=1S/C19H27NO4/c1-3-4-13-23-17-11-9-15(10-12-17)19(22)24-14(2)18(21)20-16-7-5-6-8-16/h9-12,14,16H,3-8,13H2,1-2H3,(H,20,21)/t14-/m0/s1. The van der Waals surface area contributed by atoms with Crippen LogP contribution in [0.15, 0.2) is 24.3 Å². The normalized spacial score (nSPS) is 15.8. The Morgan fingerprint density at radius 2 is 1.88 bits per heavy atom. The summed E-state index contributed by atoms with van der Waals surface area (Å²) in [5.74, 6) is 0.00553. The van der Waals surface area contributed by atoms with Gasteiger partial charge in [0.1, 0.15) is 5.75 Å². The average Bonchev–Trinajstić information content (AvgIpc) is 3.08. The van der Waals surface area contributed by atoms with Crippen LogP contribution in [-0.2, 0) is 9.53 Å². The van der Waals surface area contributed by atoms with Crippen LogP contribution in [0.25, 0.3) is 0 Å². The van der Waals surface area contributed by atoms with Gasteiger partial charge in [0, 0.05) is 6.04 Å². The van der Waals surface area contributed by atoms with E-state index in [2.05, 4.69) is 12.2 Å². The fraction of sp³-hybridized carbons (Fsp3) is 0.579. The summed E-state index contributed by atoms with van der Waals surface area (Å²) < 4.78 is 10.8. The average molecular weight is 333 g/mol. The highest BCUT2D eigenvalue weighted by atomic mass is 16.5. The maximum Gasteiger partial charge on any atom is 0.338 e. The summed E-state index contributed by atoms with van der Waals surface area (Å²) in [4.78, 5) is 24.2. The van der Waals surface area contributed by atoms with Gasteiger partial charge >= 0.3 is 5.97 Å². The summed E-state index contributed by atoms with van der Waals surface area (Å²) in [6, 6.07) is 7.03. The molecule has 1 amide bonds. The smallest absolute Gasteiger partial charge is 0.338 e. The van der Waals surface area contributed by atoms with E-state index in [0.29, 0.717) is 12.2 Å². The molecule has 0 heterocycles. The first-order valence-corrected chi connectivity index (χ1v) is 8.84. The molecule has 1 atom stereocenters. The minimum atomic E-state index is -0.793. The van der Waals surface area contributed by atoms with Crippen molar-refractivity contribution < 1.29 is 19.1 Å². The predicted molar refractivity (Wildman–Crippen MR) is 92.1 cm³/mol. The molecule has 0 spiro atoms. The van der Waals surface area contributed by atoms with Crippen LogP contribution in [0.3, 0.4) is 0 Å². The molecule has 0 saturated heterocycles. The molecule has 0 unspecified atom stereocenters. The molecule has 0 radical (unpaired) electrons. The molecule has 1 aromatic carbocycles. The van der Waals surface area contributed by atoms with Gasteiger partial charge in [-0.2, -0.15) is 0 Å². The molecule has 132 valence electrons. The second-order valence-electron chi connectivity index (χ2n) is 6.26. The molecule has 2 rings (SSSR count). The molecular weight excluding hydrogens is 306 g/mol. The van der Waals surface area contributed by atoms with Crippen LogP contribution >= 0.6 is 0 Å². The molecule has 0 aliphatic heterocycles. The largest absolute Gasteiger partial charge is 0.494 e. The number of carbonyl (C=O) groups is 2. The number of amides is 1. The molecule has 5 nitrogen and oxygen atoms in total. The fourth-order valence-electron chi connectivity index (χ4n) is 2.69. The van der Waals surface area contributed by atoms with Crippen LogP contribution in [0.5, 0.6) is 5.75 Å². The molecule has 1 aliphatic rings. The lowest BCUT2D eigenvalue weighted by Crippen LogP contribution is -2.40. The van der Waals surface area contributed by atoms with Gasteiger partial charge in [-0.3, -0.25) is 4.79 Å². The molecule has 24 heavy (non-hydrogen) atoms. The monoisotopic (exact) mass is 333 g/mol. The van der Waals surface area contributed by atoms with E-state index in [4.69, 9.17) is 9.47 Å². The number of benzene rings is 1. The number of rotatable bonds is 8. The van der Waals surface area contributed by atoms with E-state index in [-0.39, 0.29) is 11.9 Å². The van der Waals surface area contributed by atoms with Crippen molar-refractivity contribution in [2.75, 3.05) is 6.61 Å². The molecule has 1 N–H and O–H groups in total. The molecule has 0 bridgehead atoms. The van der Waals surface area contributed by atoms with Gasteiger partial charge in [0.15, 0.2) is 6.10 Å². The van der Waals surface area contributed by atoms with Crippen LogP contribution in [0.4, 0.5) is 0 Å². The number of esters is 1. The maximum atomic E-state index is 12.1. The van der Waals surface area contributed by atoms with Crippen LogP contribution in [-0.4, -0.2) is 30.6 Å². The van der Waals surface area contributed by atoms with Gasteiger partial charge in [-0.1, -0.05) is 26.2 Å². The first-order chi connectivity index (χ1) is 11.6. The molecule has 5 heteroatoms. The Balaban J connectivity index is 1.81. The number of hydrogen-bond donors (Lipinski definition) is 1. The van der Waals surface area contributed by atoms with Crippen molar-refractivity contribution in [1.29, 1.82) is 0 Å². The Kier molecular flexibility index (Phi) is 7.09. The van der Waals surface area contributed by atoms with E-state index in [1.54, 1.807) is 31.2 Å². The van der Waals surface area contributed by atoms with Crippen LogP contribution < -0.4 is 10.1 Å². The van der Waals surface area contributed by atoms with Gasteiger partial charge in [0.2, 0.25) is 0 Å². The van der Waals surface area contributed by atoms with Crippen LogP contribution in [0.2, 0.25) is 0 Å². The van der Waals surface area contributed by atoms with E-state index in [0.717, 1.165) is 44.3 Å². The van der Waals surface area contributed by atoms with Crippen molar-refractivity contribution >= 4 is 11.9 Å². The van der Waals surface area contributed by atoms with Gasteiger partial charge in [0.05, 0.1) is 12.2 Å². The lowest BCUT2D eigenvalue weighted by molar-refractivity contribution is -0.129. The third-order valence-corrected chi connectivity index (χ3v) is 4.21. The van der Waals surface area contributed by atoms with E-state index < -0.39 is 12.1 Å². The lowest BCUT2D eigenvalue weighted by Gasteiger charge is -2.17. The molecule has 1 aliphatic carbocycles. The zero-order valence-corrected chi connectivity index (χ0v) is 14.5. The fourth-order valence-corrected chi connectivity index (χ4v) is 2.69. The third kappa shape index (κ3) is 5.55.